The van der Waals surface area contributed by atoms with Crippen LogP contribution in [0.3, 0.4) is 0 Å². The van der Waals surface area contributed by atoms with E-state index >= 15 is 0 Å². The normalized spacial score (nSPS) is 12.2. The molecule has 19 heavy (non-hydrogen) atoms. The van der Waals surface area contributed by atoms with Crippen LogP contribution in [0.5, 0.6) is 0 Å². The second kappa shape index (κ2) is 11.6. The van der Waals surface area contributed by atoms with Crippen molar-refractivity contribution in [2.24, 2.45) is 0 Å². The van der Waals surface area contributed by atoms with Crippen molar-refractivity contribution in [3.05, 3.63) is 0 Å². The van der Waals surface area contributed by atoms with Gasteiger partial charge in [-0.1, -0.05) is 0 Å². The van der Waals surface area contributed by atoms with Crippen LogP contribution in [0, 0.1) is 0 Å². The Morgan fingerprint density at radius 2 is 1.58 bits per heavy atom. The van der Waals surface area contributed by atoms with E-state index < -0.39 is 10.0 Å². The van der Waals surface area contributed by atoms with E-state index in [4.69, 9.17) is 9.47 Å². The Balaban J connectivity index is 4.32. The standard InChI is InChI=1S/C12H28N2O4S/c1-4-17-10-8-14(9-11-18-5-2)19(15,16)12-6-7-13-3/h13H,4-12H2,1-3H3. The van der Waals surface area contributed by atoms with Gasteiger partial charge in [-0.15, -0.1) is 0 Å². The summed E-state index contributed by atoms with van der Waals surface area (Å²) in [7, 11) is -1.41. The molecule has 0 aromatic rings. The number of rotatable bonds is 13. The predicted molar refractivity (Wildman–Crippen MR) is 76.9 cm³/mol. The molecule has 0 saturated heterocycles. The van der Waals surface area contributed by atoms with Crippen molar-refractivity contribution in [3.8, 4) is 0 Å². The van der Waals surface area contributed by atoms with Gasteiger partial charge in [-0.2, -0.15) is 4.31 Å². The van der Waals surface area contributed by atoms with Crippen molar-refractivity contribution in [3.63, 3.8) is 0 Å². The molecule has 0 atom stereocenters. The summed E-state index contributed by atoms with van der Waals surface area (Å²) in [5.74, 6) is 0.159. The summed E-state index contributed by atoms with van der Waals surface area (Å²) in [4.78, 5) is 0. The third-order valence-corrected chi connectivity index (χ3v) is 4.56. The van der Waals surface area contributed by atoms with Gasteiger partial charge in [0.05, 0.1) is 19.0 Å². The number of nitrogens with zero attached hydrogens (tertiary/aromatic N) is 1. The zero-order chi connectivity index (χ0) is 14.6. The molecule has 1 N–H and O–H groups in total. The van der Waals surface area contributed by atoms with E-state index in [-0.39, 0.29) is 5.75 Å². The van der Waals surface area contributed by atoms with Crippen molar-refractivity contribution in [1.82, 2.24) is 9.62 Å². The maximum atomic E-state index is 12.2. The van der Waals surface area contributed by atoms with Crippen LogP contribution in [0.25, 0.3) is 0 Å². The van der Waals surface area contributed by atoms with E-state index in [1.54, 1.807) is 0 Å². The van der Waals surface area contributed by atoms with Gasteiger partial charge < -0.3 is 14.8 Å². The Morgan fingerprint density at radius 3 is 2.00 bits per heavy atom. The molecule has 0 fully saturated rings. The van der Waals surface area contributed by atoms with Crippen molar-refractivity contribution < 1.29 is 17.9 Å². The van der Waals surface area contributed by atoms with Gasteiger partial charge in [-0.05, 0) is 33.9 Å². The van der Waals surface area contributed by atoms with Gasteiger partial charge in [-0.25, -0.2) is 8.42 Å². The molecule has 6 nitrogen and oxygen atoms in total. The molecule has 0 saturated carbocycles. The summed E-state index contributed by atoms with van der Waals surface area (Å²) in [6.07, 6.45) is 0.610. The van der Waals surface area contributed by atoms with Crippen molar-refractivity contribution in [1.29, 1.82) is 0 Å². The van der Waals surface area contributed by atoms with Gasteiger partial charge in [0.2, 0.25) is 10.0 Å². The van der Waals surface area contributed by atoms with Crippen LogP contribution in [-0.4, -0.2) is 71.6 Å². The van der Waals surface area contributed by atoms with Crippen LogP contribution in [0.1, 0.15) is 20.3 Å². The van der Waals surface area contributed by atoms with Crippen LogP contribution < -0.4 is 5.32 Å². The maximum absolute atomic E-state index is 12.2. The van der Waals surface area contributed by atoms with Crippen LogP contribution in [0.15, 0.2) is 0 Å². The number of nitrogens with one attached hydrogen (secondary N) is 1. The van der Waals surface area contributed by atoms with Gasteiger partial charge in [0.15, 0.2) is 0 Å². The highest BCUT2D eigenvalue weighted by Gasteiger charge is 2.20. The molecule has 0 radical (unpaired) electrons. The molecule has 0 rings (SSSR count). The van der Waals surface area contributed by atoms with E-state index in [0.717, 1.165) is 0 Å². The summed E-state index contributed by atoms with van der Waals surface area (Å²) < 4.78 is 36.3. The van der Waals surface area contributed by atoms with E-state index in [1.165, 1.54) is 4.31 Å². The number of sulfonamides is 1. The Labute approximate surface area is 117 Å². The minimum atomic E-state index is -3.22. The fraction of sp³-hybridized carbons (Fsp3) is 1.00. The van der Waals surface area contributed by atoms with E-state index in [9.17, 15) is 8.42 Å². The van der Waals surface area contributed by atoms with E-state index in [2.05, 4.69) is 5.32 Å². The lowest BCUT2D eigenvalue weighted by molar-refractivity contribution is 0.110. The molecule has 0 aliphatic heterocycles. The lowest BCUT2D eigenvalue weighted by Gasteiger charge is -2.22. The molecule has 0 spiro atoms. The summed E-state index contributed by atoms with van der Waals surface area (Å²) in [5.41, 5.74) is 0. The number of hydrogen-bond donors (Lipinski definition) is 1. The minimum Gasteiger partial charge on any atom is -0.380 e. The van der Waals surface area contributed by atoms with Gasteiger partial charge in [0, 0.05) is 26.3 Å². The van der Waals surface area contributed by atoms with Gasteiger partial charge in [0.25, 0.3) is 0 Å². The van der Waals surface area contributed by atoms with Crippen LogP contribution in [0.4, 0.5) is 0 Å². The van der Waals surface area contributed by atoms with Crippen molar-refractivity contribution in [2.45, 2.75) is 20.3 Å². The summed E-state index contributed by atoms with van der Waals surface area (Å²) in [6, 6.07) is 0. The molecule has 0 amide bonds. The predicted octanol–water partition coefficient (Wildman–Crippen LogP) is 0.301. The number of ether oxygens (including phenoxy) is 2. The molecule has 116 valence electrons. The van der Waals surface area contributed by atoms with Gasteiger partial charge >= 0.3 is 0 Å². The first-order chi connectivity index (χ1) is 9.08. The molecule has 0 heterocycles. The summed E-state index contributed by atoms with van der Waals surface area (Å²) >= 11 is 0. The third kappa shape index (κ3) is 9.34. The maximum Gasteiger partial charge on any atom is 0.214 e. The largest absolute Gasteiger partial charge is 0.380 e. The minimum absolute atomic E-state index is 0.159. The first kappa shape index (κ1) is 18.8. The van der Waals surface area contributed by atoms with Crippen LogP contribution >= 0.6 is 0 Å². The first-order valence-electron chi connectivity index (χ1n) is 6.86. The molecular weight excluding hydrogens is 268 g/mol. The molecule has 0 aromatic heterocycles. The lowest BCUT2D eigenvalue weighted by atomic mass is 10.5. The molecule has 7 heteroatoms. The van der Waals surface area contributed by atoms with Crippen molar-refractivity contribution >= 4 is 10.0 Å². The first-order valence-corrected chi connectivity index (χ1v) is 8.47. The topological polar surface area (TPSA) is 67.9 Å². The SMILES string of the molecule is CCOCCN(CCOCC)S(=O)(=O)CCCNC. The monoisotopic (exact) mass is 296 g/mol. The van der Waals surface area contributed by atoms with E-state index in [0.29, 0.717) is 52.5 Å². The Bertz CT molecular complexity index is 286. The van der Waals surface area contributed by atoms with Gasteiger partial charge in [-0.3, -0.25) is 0 Å². The lowest BCUT2D eigenvalue weighted by Crippen LogP contribution is -2.38. The quantitative estimate of drug-likeness (QED) is 0.495. The molecule has 0 aliphatic carbocycles. The zero-order valence-electron chi connectivity index (χ0n) is 12.4. The van der Waals surface area contributed by atoms with Crippen LogP contribution in [0.2, 0.25) is 0 Å². The molecular formula is C12H28N2O4S. The fourth-order valence-corrected chi connectivity index (χ4v) is 3.04. The Hall–Kier alpha value is -0.210. The molecule has 0 aromatic carbocycles. The zero-order valence-corrected chi connectivity index (χ0v) is 13.2. The fourth-order valence-electron chi connectivity index (χ4n) is 1.57. The molecule has 0 bridgehead atoms. The Morgan fingerprint density at radius 1 is 1.05 bits per heavy atom. The third-order valence-electron chi connectivity index (χ3n) is 2.60. The van der Waals surface area contributed by atoms with Crippen LogP contribution in [-0.2, 0) is 19.5 Å². The second-order valence-electron chi connectivity index (χ2n) is 4.07. The average Bonchev–Trinajstić information content (AvgIpc) is 2.37. The Kier molecular flexibility index (Phi) is 11.5. The highest BCUT2D eigenvalue weighted by Crippen LogP contribution is 2.03. The smallest absolute Gasteiger partial charge is 0.214 e. The summed E-state index contributed by atoms with van der Waals surface area (Å²) in [5, 5.41) is 2.95. The number of hydrogen-bond acceptors (Lipinski definition) is 5. The molecule has 0 unspecified atom stereocenters. The van der Waals surface area contributed by atoms with Crippen molar-refractivity contribution in [2.75, 3.05) is 58.9 Å². The average molecular weight is 296 g/mol. The molecule has 0 aliphatic rings. The summed E-state index contributed by atoms with van der Waals surface area (Å²) in [6.45, 7) is 7.31. The highest BCUT2D eigenvalue weighted by atomic mass is 32.2. The highest BCUT2D eigenvalue weighted by molar-refractivity contribution is 7.89. The second-order valence-corrected chi connectivity index (χ2v) is 6.15. The van der Waals surface area contributed by atoms with E-state index in [1.807, 2.05) is 20.9 Å². The van der Waals surface area contributed by atoms with Gasteiger partial charge in [0.1, 0.15) is 0 Å².